The summed E-state index contributed by atoms with van der Waals surface area (Å²) in [5.74, 6) is 3.31. The summed E-state index contributed by atoms with van der Waals surface area (Å²) in [6.07, 6.45) is 9.94. The molecule has 0 saturated heterocycles. The Labute approximate surface area is 167 Å². The molecule has 0 spiro atoms. The predicted octanol–water partition coefficient (Wildman–Crippen LogP) is 6.85. The third-order valence-electron chi connectivity index (χ3n) is 6.35. The van der Waals surface area contributed by atoms with E-state index in [9.17, 15) is 4.79 Å². The van der Waals surface area contributed by atoms with E-state index in [2.05, 4.69) is 31.2 Å². The number of hydrogen-bond acceptors (Lipinski definition) is 3. The molecule has 2 aromatic rings. The number of hydrogen-bond donors (Lipinski definition) is 0. The van der Waals surface area contributed by atoms with Crippen molar-refractivity contribution in [2.24, 2.45) is 17.8 Å². The first-order valence-corrected chi connectivity index (χ1v) is 11.6. The Morgan fingerprint density at radius 2 is 1.89 bits per heavy atom. The Balaban J connectivity index is 1.47. The summed E-state index contributed by atoms with van der Waals surface area (Å²) in [7, 11) is 0. The van der Waals surface area contributed by atoms with Crippen LogP contribution >= 0.6 is 11.8 Å². The highest BCUT2D eigenvalue weighted by atomic mass is 32.2. The molecule has 3 unspecified atom stereocenters. The SMILES string of the molecule is CCCCCCSc1ccc(OC(=O)C2CC3CCC2C3)c2ccccc12. The molecular formula is C24H30O2S. The Morgan fingerprint density at radius 3 is 2.63 bits per heavy atom. The summed E-state index contributed by atoms with van der Waals surface area (Å²) >= 11 is 1.92. The predicted molar refractivity (Wildman–Crippen MR) is 113 cm³/mol. The van der Waals surface area contributed by atoms with Crippen molar-refractivity contribution in [2.45, 2.75) is 63.2 Å². The molecule has 4 rings (SSSR count). The van der Waals surface area contributed by atoms with E-state index in [4.69, 9.17) is 4.74 Å². The molecule has 0 amide bonds. The van der Waals surface area contributed by atoms with Gasteiger partial charge >= 0.3 is 5.97 Å². The second-order valence-electron chi connectivity index (χ2n) is 8.22. The number of esters is 1. The standard InChI is InChI=1S/C24H30O2S/c1-2-3-4-7-14-27-23-13-12-22(19-8-5-6-9-20(19)23)26-24(25)21-16-17-10-11-18(21)15-17/h5-6,8-9,12-13,17-18,21H,2-4,7,10-11,14-16H2,1H3. The van der Waals surface area contributed by atoms with Gasteiger partial charge in [0.25, 0.3) is 0 Å². The van der Waals surface area contributed by atoms with E-state index >= 15 is 0 Å². The average molecular weight is 383 g/mol. The molecule has 0 radical (unpaired) electrons. The first-order valence-electron chi connectivity index (χ1n) is 10.6. The quantitative estimate of drug-likeness (QED) is 0.216. The van der Waals surface area contributed by atoms with Gasteiger partial charge in [0.15, 0.2) is 0 Å². The molecule has 0 N–H and O–H groups in total. The van der Waals surface area contributed by atoms with Gasteiger partial charge in [-0.3, -0.25) is 4.79 Å². The maximum atomic E-state index is 12.8. The lowest BCUT2D eigenvalue weighted by atomic mass is 9.89. The van der Waals surface area contributed by atoms with Crippen LogP contribution in [0.25, 0.3) is 10.8 Å². The van der Waals surface area contributed by atoms with Crippen LogP contribution in [0, 0.1) is 17.8 Å². The fraction of sp³-hybridized carbons (Fsp3) is 0.542. The monoisotopic (exact) mass is 382 g/mol. The van der Waals surface area contributed by atoms with E-state index in [1.54, 1.807) is 0 Å². The lowest BCUT2D eigenvalue weighted by molar-refractivity contribution is -0.140. The second kappa shape index (κ2) is 8.68. The minimum atomic E-state index is -0.00711. The zero-order valence-electron chi connectivity index (χ0n) is 16.3. The van der Waals surface area contributed by atoms with Crippen LogP contribution in [0.4, 0.5) is 0 Å². The van der Waals surface area contributed by atoms with Crippen molar-refractivity contribution in [1.29, 1.82) is 0 Å². The van der Waals surface area contributed by atoms with Gasteiger partial charge in [-0.25, -0.2) is 0 Å². The third-order valence-corrected chi connectivity index (χ3v) is 7.51. The maximum Gasteiger partial charge on any atom is 0.314 e. The summed E-state index contributed by atoms with van der Waals surface area (Å²) < 4.78 is 5.93. The van der Waals surface area contributed by atoms with Crippen molar-refractivity contribution in [3.63, 3.8) is 0 Å². The minimum absolute atomic E-state index is 0.00711. The van der Waals surface area contributed by atoms with Gasteiger partial charge in [0.2, 0.25) is 0 Å². The molecule has 2 aromatic carbocycles. The molecule has 3 heteroatoms. The van der Waals surface area contributed by atoms with Gasteiger partial charge in [-0.2, -0.15) is 0 Å². The number of carbonyl (C=O) groups is 1. The Kier molecular flexibility index (Phi) is 6.07. The molecule has 144 valence electrons. The van der Waals surface area contributed by atoms with Gasteiger partial charge in [-0.1, -0.05) is 56.9 Å². The van der Waals surface area contributed by atoms with E-state index in [-0.39, 0.29) is 11.9 Å². The maximum absolute atomic E-state index is 12.8. The summed E-state index contributed by atoms with van der Waals surface area (Å²) in [5.41, 5.74) is 0. The highest BCUT2D eigenvalue weighted by Crippen LogP contribution is 2.49. The smallest absolute Gasteiger partial charge is 0.314 e. The lowest BCUT2D eigenvalue weighted by Gasteiger charge is -2.20. The number of carbonyl (C=O) groups excluding carboxylic acids is 1. The molecule has 2 aliphatic rings. The molecule has 2 aliphatic carbocycles. The molecule has 27 heavy (non-hydrogen) atoms. The molecular weight excluding hydrogens is 352 g/mol. The van der Waals surface area contributed by atoms with Gasteiger partial charge < -0.3 is 4.74 Å². The fourth-order valence-electron chi connectivity index (χ4n) is 4.89. The molecule has 3 atom stereocenters. The minimum Gasteiger partial charge on any atom is -0.426 e. The van der Waals surface area contributed by atoms with E-state index in [1.807, 2.05) is 23.9 Å². The molecule has 0 aliphatic heterocycles. The van der Waals surface area contributed by atoms with Crippen LogP contribution < -0.4 is 4.74 Å². The molecule has 2 fully saturated rings. The second-order valence-corrected chi connectivity index (χ2v) is 9.36. The third kappa shape index (κ3) is 4.18. The lowest BCUT2D eigenvalue weighted by Crippen LogP contribution is -2.25. The molecule has 0 aromatic heterocycles. The van der Waals surface area contributed by atoms with Crippen molar-refractivity contribution < 1.29 is 9.53 Å². The van der Waals surface area contributed by atoms with Gasteiger partial charge in [0.05, 0.1) is 5.92 Å². The van der Waals surface area contributed by atoms with Crippen molar-refractivity contribution >= 4 is 28.5 Å². The Morgan fingerprint density at radius 1 is 1.04 bits per heavy atom. The van der Waals surface area contributed by atoms with Crippen LogP contribution in [-0.2, 0) is 4.79 Å². The molecule has 2 nitrogen and oxygen atoms in total. The van der Waals surface area contributed by atoms with Gasteiger partial charge in [-0.05, 0) is 60.8 Å². The van der Waals surface area contributed by atoms with Crippen LogP contribution in [-0.4, -0.2) is 11.7 Å². The summed E-state index contributed by atoms with van der Waals surface area (Å²) in [6.45, 7) is 2.25. The number of ether oxygens (including phenoxy) is 1. The topological polar surface area (TPSA) is 26.3 Å². The van der Waals surface area contributed by atoms with Crippen LogP contribution in [0.2, 0.25) is 0 Å². The molecule has 2 bridgehead atoms. The Hall–Kier alpha value is -1.48. The van der Waals surface area contributed by atoms with Gasteiger partial charge in [0.1, 0.15) is 5.75 Å². The van der Waals surface area contributed by atoms with Crippen molar-refractivity contribution in [3.05, 3.63) is 36.4 Å². The van der Waals surface area contributed by atoms with Crippen LogP contribution in [0.15, 0.2) is 41.3 Å². The van der Waals surface area contributed by atoms with Crippen LogP contribution in [0.1, 0.15) is 58.3 Å². The fourth-order valence-corrected chi connectivity index (χ4v) is 5.95. The van der Waals surface area contributed by atoms with Crippen molar-refractivity contribution in [3.8, 4) is 5.75 Å². The molecule has 2 saturated carbocycles. The molecule has 0 heterocycles. The van der Waals surface area contributed by atoms with E-state index in [0.717, 1.165) is 29.2 Å². The summed E-state index contributed by atoms with van der Waals surface area (Å²) in [4.78, 5) is 14.1. The van der Waals surface area contributed by atoms with Gasteiger partial charge in [-0.15, -0.1) is 11.8 Å². The zero-order chi connectivity index (χ0) is 18.6. The summed E-state index contributed by atoms with van der Waals surface area (Å²) in [5, 5.41) is 2.27. The first-order chi connectivity index (χ1) is 13.3. The summed E-state index contributed by atoms with van der Waals surface area (Å²) in [6, 6.07) is 12.5. The van der Waals surface area contributed by atoms with E-state index < -0.39 is 0 Å². The van der Waals surface area contributed by atoms with E-state index in [0.29, 0.717) is 5.92 Å². The highest BCUT2D eigenvalue weighted by molar-refractivity contribution is 7.99. The number of unbranched alkanes of at least 4 members (excludes halogenated alkanes) is 3. The first kappa shape index (κ1) is 18.9. The normalized spacial score (nSPS) is 23.8. The largest absolute Gasteiger partial charge is 0.426 e. The Bertz CT molecular complexity index is 800. The number of thioether (sulfide) groups is 1. The van der Waals surface area contributed by atoms with E-state index in [1.165, 1.54) is 55.2 Å². The average Bonchev–Trinajstić information content (AvgIpc) is 3.33. The number of benzene rings is 2. The van der Waals surface area contributed by atoms with Crippen molar-refractivity contribution in [1.82, 2.24) is 0 Å². The van der Waals surface area contributed by atoms with Crippen LogP contribution in [0.5, 0.6) is 5.75 Å². The van der Waals surface area contributed by atoms with Crippen LogP contribution in [0.3, 0.4) is 0 Å². The zero-order valence-corrected chi connectivity index (χ0v) is 17.1. The van der Waals surface area contributed by atoms with Crippen molar-refractivity contribution in [2.75, 3.05) is 5.75 Å². The van der Waals surface area contributed by atoms with Gasteiger partial charge in [0, 0.05) is 10.3 Å². The highest BCUT2D eigenvalue weighted by Gasteiger charge is 2.44. The number of rotatable bonds is 8. The number of fused-ring (bicyclic) bond motifs is 3.